The van der Waals surface area contributed by atoms with Gasteiger partial charge in [0, 0.05) is 115 Å². The second-order valence-corrected chi connectivity index (χ2v) is 23.2. The van der Waals surface area contributed by atoms with E-state index in [2.05, 4.69) is 240 Å². The van der Waals surface area contributed by atoms with Crippen LogP contribution in [-0.2, 0) is 0 Å². The predicted molar refractivity (Wildman–Crippen MR) is 320 cm³/mol. The van der Waals surface area contributed by atoms with Gasteiger partial charge in [-0.3, -0.25) is 0 Å². The molecule has 0 radical (unpaired) electrons. The molecule has 6 heteroatoms. The van der Waals surface area contributed by atoms with Crippen LogP contribution in [0.4, 0.5) is 34.1 Å². The van der Waals surface area contributed by atoms with Crippen LogP contribution in [0.1, 0.15) is 0 Å². The van der Waals surface area contributed by atoms with Crippen LogP contribution < -0.4 is 9.80 Å². The van der Waals surface area contributed by atoms with Gasteiger partial charge >= 0.3 is 0 Å². The molecule has 4 aromatic heterocycles. The third kappa shape index (κ3) is 6.23. The summed E-state index contributed by atoms with van der Waals surface area (Å²) in [6, 6.07) is 86.0. The molecule has 4 heterocycles. The summed E-state index contributed by atoms with van der Waals surface area (Å²) in [5, 5.41) is 18.3. The zero-order valence-electron chi connectivity index (χ0n) is 38.5. The van der Waals surface area contributed by atoms with Crippen LogP contribution >= 0.6 is 45.3 Å². The molecule has 0 aliphatic rings. The number of hydrogen-bond acceptors (Lipinski definition) is 6. The van der Waals surface area contributed by atoms with E-state index in [4.69, 9.17) is 0 Å². The van der Waals surface area contributed by atoms with Crippen LogP contribution in [0.2, 0.25) is 0 Å². The van der Waals surface area contributed by atoms with Crippen molar-refractivity contribution in [1.82, 2.24) is 0 Å². The van der Waals surface area contributed by atoms with Crippen LogP contribution in [0.15, 0.2) is 231 Å². The van der Waals surface area contributed by atoms with E-state index in [1.165, 1.54) is 113 Å². The van der Waals surface area contributed by atoms with Crippen molar-refractivity contribution in [3.8, 4) is 0 Å². The van der Waals surface area contributed by atoms with Crippen LogP contribution in [-0.4, -0.2) is 0 Å². The Balaban J connectivity index is 0.780. The lowest BCUT2D eigenvalue weighted by Crippen LogP contribution is -2.09. The number of nitrogens with zero attached hydrogens (tertiary/aromatic N) is 2. The molecule has 0 saturated heterocycles. The highest BCUT2D eigenvalue weighted by molar-refractivity contribution is 7.27. The van der Waals surface area contributed by atoms with Crippen LogP contribution in [0.25, 0.3) is 113 Å². The van der Waals surface area contributed by atoms with Crippen molar-refractivity contribution < 1.29 is 0 Å². The summed E-state index contributed by atoms with van der Waals surface area (Å²) in [5.41, 5.74) is 6.91. The summed E-state index contributed by atoms with van der Waals surface area (Å²) in [6.45, 7) is 0. The third-order valence-corrected chi connectivity index (χ3v) is 19.2. The SMILES string of the molecule is c1ccc(N(c2ccc3c(c2)sc2cc4cc5c(cc4cc23)sc2cc(N(c3ccccc3)c3ccc4c(c3)sc3ccc6ccccc6c34)ccc25)c2ccc3c(c2)sc2ccc4ccccc4c23)cc1. The number of rotatable bonds is 6. The first-order valence-corrected chi connectivity index (χ1v) is 27.5. The Kier molecular flexibility index (Phi) is 8.86. The molecular formula is C66H38N2S4. The maximum Gasteiger partial charge on any atom is 0.0476 e. The standard InChI is InChI=1S/C66H38N2S4/c1-3-13-43(14-4-1)67(47-23-27-53-63(37-47)69-57-29-19-39-11-7-9-17-49(39)65(53)57)45-21-25-51-55-31-41-34-60-56(32-42(41)33-59(55)71-61(51)35-45)52-26-22-46(36-62(52)72-60)68(44-15-5-2-6-16-44)48-24-28-54-64(38-48)70-58-30-20-40-12-8-10-18-50(40)66(54)58/h1-38H. The molecule has 0 N–H and O–H groups in total. The molecule has 0 aliphatic heterocycles. The molecule has 0 fully saturated rings. The van der Waals surface area contributed by atoms with E-state index in [0.717, 1.165) is 34.1 Å². The van der Waals surface area contributed by atoms with Crippen LogP contribution in [0, 0.1) is 0 Å². The predicted octanol–water partition coefficient (Wildman–Crippen LogP) is 21.6. The first-order chi connectivity index (χ1) is 35.6. The summed E-state index contributed by atoms with van der Waals surface area (Å²) >= 11 is 7.55. The van der Waals surface area contributed by atoms with Gasteiger partial charge in [-0.1, -0.05) is 121 Å². The Morgan fingerprint density at radius 2 is 0.542 bits per heavy atom. The highest BCUT2D eigenvalue weighted by atomic mass is 32.1. The van der Waals surface area contributed by atoms with E-state index >= 15 is 0 Å². The van der Waals surface area contributed by atoms with Gasteiger partial charge in [0.2, 0.25) is 0 Å². The average Bonchev–Trinajstić information content (AvgIpc) is 4.19. The van der Waals surface area contributed by atoms with E-state index in [1.54, 1.807) is 0 Å². The summed E-state index contributed by atoms with van der Waals surface area (Å²) < 4.78 is 10.4. The molecule has 0 atom stereocenters. The van der Waals surface area contributed by atoms with Crippen molar-refractivity contribution in [1.29, 1.82) is 0 Å². The number of para-hydroxylation sites is 2. The Morgan fingerprint density at radius 1 is 0.194 bits per heavy atom. The normalized spacial score (nSPS) is 12.2. The smallest absolute Gasteiger partial charge is 0.0476 e. The van der Waals surface area contributed by atoms with Crippen LogP contribution in [0.3, 0.4) is 0 Å². The van der Waals surface area contributed by atoms with Crippen molar-refractivity contribution in [2.75, 3.05) is 9.80 Å². The summed E-state index contributed by atoms with van der Waals surface area (Å²) in [6.07, 6.45) is 0. The Morgan fingerprint density at radius 3 is 0.972 bits per heavy atom. The van der Waals surface area contributed by atoms with E-state index in [9.17, 15) is 0 Å². The first-order valence-electron chi connectivity index (χ1n) is 24.3. The van der Waals surface area contributed by atoms with Gasteiger partial charge in [-0.2, -0.15) is 0 Å². The van der Waals surface area contributed by atoms with Crippen molar-refractivity contribution in [3.05, 3.63) is 231 Å². The summed E-state index contributed by atoms with van der Waals surface area (Å²) in [7, 11) is 0. The minimum absolute atomic E-state index is 1.14. The molecule has 0 amide bonds. The molecule has 0 unspecified atom stereocenters. The monoisotopic (exact) mass is 986 g/mol. The summed E-state index contributed by atoms with van der Waals surface area (Å²) in [5.74, 6) is 0. The highest BCUT2D eigenvalue weighted by Gasteiger charge is 2.20. The molecule has 0 bridgehead atoms. The molecule has 0 aliphatic carbocycles. The van der Waals surface area contributed by atoms with Gasteiger partial charge in [0.25, 0.3) is 0 Å². The molecule has 0 spiro atoms. The molecule has 0 saturated carbocycles. The fraction of sp³-hybridized carbons (Fsp3) is 0. The van der Waals surface area contributed by atoms with Gasteiger partial charge in [-0.15, -0.1) is 45.3 Å². The quantitative estimate of drug-likeness (QED) is 0.164. The van der Waals surface area contributed by atoms with Gasteiger partial charge < -0.3 is 9.80 Å². The zero-order chi connectivity index (χ0) is 47.0. The minimum atomic E-state index is 1.14. The van der Waals surface area contributed by atoms with Crippen molar-refractivity contribution in [2.24, 2.45) is 0 Å². The lowest BCUT2D eigenvalue weighted by molar-refractivity contribution is 1.30. The van der Waals surface area contributed by atoms with Crippen molar-refractivity contribution >= 4 is 192 Å². The van der Waals surface area contributed by atoms with Gasteiger partial charge in [-0.25, -0.2) is 0 Å². The lowest BCUT2D eigenvalue weighted by atomic mass is 10.0. The Bertz CT molecular complexity index is 4580. The fourth-order valence-corrected chi connectivity index (χ4v) is 16.1. The van der Waals surface area contributed by atoms with Crippen molar-refractivity contribution in [3.63, 3.8) is 0 Å². The number of fused-ring (bicyclic) bond motifs is 17. The van der Waals surface area contributed by atoms with Gasteiger partial charge in [0.15, 0.2) is 0 Å². The maximum atomic E-state index is 2.43. The van der Waals surface area contributed by atoms with Gasteiger partial charge in [0.1, 0.15) is 0 Å². The van der Waals surface area contributed by atoms with Crippen LogP contribution in [0.5, 0.6) is 0 Å². The lowest BCUT2D eigenvalue weighted by Gasteiger charge is -2.25. The first kappa shape index (κ1) is 40.6. The largest absolute Gasteiger partial charge is 0.310 e. The average molecular weight is 987 g/mol. The van der Waals surface area contributed by atoms with E-state index in [0.29, 0.717) is 0 Å². The second-order valence-electron chi connectivity index (χ2n) is 18.8. The fourth-order valence-electron chi connectivity index (χ4n) is 11.4. The highest BCUT2D eigenvalue weighted by Crippen LogP contribution is 2.48. The Hall–Kier alpha value is -8.10. The molecule has 16 rings (SSSR count). The molecular weight excluding hydrogens is 949 g/mol. The van der Waals surface area contributed by atoms with E-state index in [1.807, 2.05) is 45.3 Å². The minimum Gasteiger partial charge on any atom is -0.310 e. The topological polar surface area (TPSA) is 6.48 Å². The zero-order valence-corrected chi connectivity index (χ0v) is 41.7. The molecule has 16 aromatic rings. The van der Waals surface area contributed by atoms with Gasteiger partial charge in [0.05, 0.1) is 0 Å². The maximum absolute atomic E-state index is 2.43. The molecule has 336 valence electrons. The Labute approximate surface area is 429 Å². The number of anilines is 6. The number of hydrogen-bond donors (Lipinski definition) is 0. The molecule has 72 heavy (non-hydrogen) atoms. The molecule has 12 aromatic carbocycles. The third-order valence-electron chi connectivity index (χ3n) is 14.7. The number of benzene rings is 12. The van der Waals surface area contributed by atoms with Crippen molar-refractivity contribution in [2.45, 2.75) is 0 Å². The molecule has 2 nitrogen and oxygen atoms in total. The summed E-state index contributed by atoms with van der Waals surface area (Å²) in [4.78, 5) is 4.83. The van der Waals surface area contributed by atoms with E-state index in [-0.39, 0.29) is 0 Å². The second kappa shape index (κ2) is 15.7. The van der Waals surface area contributed by atoms with E-state index < -0.39 is 0 Å². The van der Waals surface area contributed by atoms with Gasteiger partial charge in [-0.05, 0) is 142 Å². The number of thiophene rings is 4.